The van der Waals surface area contributed by atoms with Gasteiger partial charge in [-0.15, -0.1) is 12.4 Å². The number of amides is 1. The summed E-state index contributed by atoms with van der Waals surface area (Å²) in [5.74, 6) is 0.0488. The number of nitrogens with zero attached hydrogens (tertiary/aromatic N) is 1. The second-order valence-electron chi connectivity index (χ2n) is 4.50. The van der Waals surface area contributed by atoms with Gasteiger partial charge in [0.2, 0.25) is 0 Å². The van der Waals surface area contributed by atoms with Crippen molar-refractivity contribution in [1.29, 1.82) is 0 Å². The number of benzene rings is 2. The molecule has 0 saturated heterocycles. The highest BCUT2D eigenvalue weighted by Crippen LogP contribution is 2.25. The molecule has 2 aromatic rings. The van der Waals surface area contributed by atoms with Gasteiger partial charge in [0, 0.05) is 30.2 Å². The summed E-state index contributed by atoms with van der Waals surface area (Å²) in [6.45, 7) is 1.48. The maximum Gasteiger partial charge on any atom is 0.254 e. The Morgan fingerprint density at radius 2 is 2.00 bits per heavy atom. The number of hydrogen-bond acceptors (Lipinski definition) is 2. The van der Waals surface area contributed by atoms with Gasteiger partial charge >= 0.3 is 0 Å². The fourth-order valence-electron chi connectivity index (χ4n) is 2.04. The summed E-state index contributed by atoms with van der Waals surface area (Å²) in [4.78, 5) is 14.2. The third kappa shape index (κ3) is 3.72. The second-order valence-corrected chi connectivity index (χ2v) is 5.42. The van der Waals surface area contributed by atoms with Crippen molar-refractivity contribution in [2.24, 2.45) is 0 Å². The van der Waals surface area contributed by atoms with Crippen molar-refractivity contribution in [1.82, 2.24) is 10.2 Å². The van der Waals surface area contributed by atoms with E-state index in [-0.39, 0.29) is 18.3 Å². The first-order chi connectivity index (χ1) is 9.13. The molecule has 0 aliphatic heterocycles. The Hall–Kier alpha value is -1.10. The van der Waals surface area contributed by atoms with Crippen molar-refractivity contribution in [2.45, 2.75) is 0 Å². The highest BCUT2D eigenvalue weighted by molar-refractivity contribution is 9.10. The van der Waals surface area contributed by atoms with Gasteiger partial charge in [0.05, 0.1) is 0 Å². The standard InChI is InChI=1S/C15H17BrN2O.ClH/c1-17-7-8-18(2)15(19)14-10-12(16)9-11-5-3-4-6-13(11)14;/h3-6,9-10,17H,7-8H2,1-2H3;1H. The van der Waals surface area contributed by atoms with Crippen LogP contribution < -0.4 is 5.32 Å². The van der Waals surface area contributed by atoms with Crippen LogP contribution in [0.4, 0.5) is 0 Å². The van der Waals surface area contributed by atoms with Gasteiger partial charge in [0.15, 0.2) is 0 Å². The Bertz CT molecular complexity index is 603. The first-order valence-corrected chi connectivity index (χ1v) is 7.01. The summed E-state index contributed by atoms with van der Waals surface area (Å²) in [5, 5.41) is 5.11. The summed E-state index contributed by atoms with van der Waals surface area (Å²) >= 11 is 3.47. The molecule has 0 heterocycles. The quantitative estimate of drug-likeness (QED) is 0.910. The van der Waals surface area contributed by atoms with E-state index in [1.807, 2.05) is 50.5 Å². The van der Waals surface area contributed by atoms with Gasteiger partial charge in [-0.05, 0) is 30.0 Å². The molecule has 0 unspecified atom stereocenters. The lowest BCUT2D eigenvalue weighted by molar-refractivity contribution is 0.0798. The summed E-state index contributed by atoms with van der Waals surface area (Å²) < 4.78 is 0.927. The molecule has 2 aromatic carbocycles. The monoisotopic (exact) mass is 356 g/mol. The summed E-state index contributed by atoms with van der Waals surface area (Å²) in [6, 6.07) is 11.9. The predicted molar refractivity (Wildman–Crippen MR) is 89.8 cm³/mol. The zero-order chi connectivity index (χ0) is 13.8. The molecule has 20 heavy (non-hydrogen) atoms. The lowest BCUT2D eigenvalue weighted by Gasteiger charge is -2.18. The highest BCUT2D eigenvalue weighted by Gasteiger charge is 2.15. The second kappa shape index (κ2) is 7.62. The van der Waals surface area contributed by atoms with Crippen LogP contribution in [0, 0.1) is 0 Å². The molecule has 3 nitrogen and oxygen atoms in total. The number of nitrogens with one attached hydrogen (secondary N) is 1. The maximum atomic E-state index is 12.5. The number of fused-ring (bicyclic) bond motifs is 1. The van der Waals surface area contributed by atoms with Crippen LogP contribution in [-0.4, -0.2) is 38.0 Å². The van der Waals surface area contributed by atoms with E-state index in [1.165, 1.54) is 0 Å². The minimum Gasteiger partial charge on any atom is -0.340 e. The minimum absolute atomic E-state index is 0. The normalized spacial score (nSPS) is 10.2. The summed E-state index contributed by atoms with van der Waals surface area (Å²) in [5.41, 5.74) is 0.739. The zero-order valence-corrected chi connectivity index (χ0v) is 13.9. The molecule has 0 bridgehead atoms. The average Bonchev–Trinajstić information content (AvgIpc) is 2.42. The molecular formula is C15H18BrClN2O. The molecular weight excluding hydrogens is 340 g/mol. The number of likely N-dealkylation sites (N-methyl/N-ethyl adjacent to an activating group) is 2. The van der Waals surface area contributed by atoms with E-state index in [1.54, 1.807) is 4.90 Å². The van der Waals surface area contributed by atoms with Crippen molar-refractivity contribution in [2.75, 3.05) is 27.2 Å². The molecule has 0 aliphatic rings. The molecule has 0 aliphatic carbocycles. The van der Waals surface area contributed by atoms with Crippen LogP contribution in [-0.2, 0) is 0 Å². The first-order valence-electron chi connectivity index (χ1n) is 6.22. The van der Waals surface area contributed by atoms with Crippen LogP contribution in [0.25, 0.3) is 10.8 Å². The number of carbonyl (C=O) groups excluding carboxylic acids is 1. The molecule has 0 atom stereocenters. The van der Waals surface area contributed by atoms with Crippen LogP contribution in [0.1, 0.15) is 10.4 Å². The van der Waals surface area contributed by atoms with Gasteiger partial charge in [-0.25, -0.2) is 0 Å². The Morgan fingerprint density at radius 3 is 2.70 bits per heavy atom. The smallest absolute Gasteiger partial charge is 0.254 e. The average molecular weight is 358 g/mol. The third-order valence-electron chi connectivity index (χ3n) is 3.10. The van der Waals surface area contributed by atoms with Gasteiger partial charge in [0.25, 0.3) is 5.91 Å². The largest absolute Gasteiger partial charge is 0.340 e. The molecule has 0 radical (unpaired) electrons. The van der Waals surface area contributed by atoms with E-state index in [0.29, 0.717) is 6.54 Å². The molecule has 2 rings (SSSR count). The van der Waals surface area contributed by atoms with E-state index in [0.717, 1.165) is 27.4 Å². The van der Waals surface area contributed by atoms with E-state index < -0.39 is 0 Å². The molecule has 5 heteroatoms. The van der Waals surface area contributed by atoms with Crippen LogP contribution in [0.5, 0.6) is 0 Å². The zero-order valence-electron chi connectivity index (χ0n) is 11.5. The molecule has 0 fully saturated rings. The number of hydrogen-bond donors (Lipinski definition) is 1. The fraction of sp³-hybridized carbons (Fsp3) is 0.267. The molecule has 0 aromatic heterocycles. The van der Waals surface area contributed by atoms with Gasteiger partial charge < -0.3 is 10.2 Å². The maximum absolute atomic E-state index is 12.5. The first kappa shape index (κ1) is 17.0. The third-order valence-corrected chi connectivity index (χ3v) is 3.56. The number of carbonyl (C=O) groups is 1. The lowest BCUT2D eigenvalue weighted by Crippen LogP contribution is -2.32. The fourth-order valence-corrected chi connectivity index (χ4v) is 2.51. The van der Waals surface area contributed by atoms with Crippen molar-refractivity contribution in [3.63, 3.8) is 0 Å². The minimum atomic E-state index is 0. The Morgan fingerprint density at radius 1 is 1.30 bits per heavy atom. The molecule has 1 N–H and O–H groups in total. The Balaban J connectivity index is 0.00000200. The van der Waals surface area contributed by atoms with Crippen LogP contribution in [0.2, 0.25) is 0 Å². The number of halogens is 2. The van der Waals surface area contributed by atoms with Crippen LogP contribution >= 0.6 is 28.3 Å². The number of rotatable bonds is 4. The molecule has 0 spiro atoms. The summed E-state index contributed by atoms with van der Waals surface area (Å²) in [7, 11) is 3.71. The van der Waals surface area contributed by atoms with Gasteiger partial charge in [-0.3, -0.25) is 4.79 Å². The van der Waals surface area contributed by atoms with E-state index in [9.17, 15) is 4.79 Å². The van der Waals surface area contributed by atoms with Crippen molar-refractivity contribution in [3.05, 3.63) is 46.4 Å². The van der Waals surface area contributed by atoms with Crippen molar-refractivity contribution < 1.29 is 4.79 Å². The molecule has 1 amide bonds. The van der Waals surface area contributed by atoms with Crippen LogP contribution in [0.15, 0.2) is 40.9 Å². The van der Waals surface area contributed by atoms with E-state index in [2.05, 4.69) is 21.2 Å². The van der Waals surface area contributed by atoms with Gasteiger partial charge in [-0.2, -0.15) is 0 Å². The highest BCUT2D eigenvalue weighted by atomic mass is 79.9. The predicted octanol–water partition coefficient (Wildman–Crippen LogP) is 3.32. The Kier molecular flexibility index (Phi) is 6.46. The Labute approximate surface area is 133 Å². The lowest BCUT2D eigenvalue weighted by atomic mass is 10.0. The van der Waals surface area contributed by atoms with Gasteiger partial charge in [-0.1, -0.05) is 40.2 Å². The van der Waals surface area contributed by atoms with Crippen molar-refractivity contribution >= 4 is 45.0 Å². The van der Waals surface area contributed by atoms with Crippen LogP contribution in [0.3, 0.4) is 0 Å². The molecule has 0 saturated carbocycles. The van der Waals surface area contributed by atoms with Crippen molar-refractivity contribution in [3.8, 4) is 0 Å². The van der Waals surface area contributed by atoms with Gasteiger partial charge in [0.1, 0.15) is 0 Å². The van der Waals surface area contributed by atoms with E-state index >= 15 is 0 Å². The molecule has 108 valence electrons. The van der Waals surface area contributed by atoms with E-state index in [4.69, 9.17) is 0 Å². The topological polar surface area (TPSA) is 32.3 Å². The SMILES string of the molecule is CNCCN(C)C(=O)c1cc(Br)cc2ccccc12.Cl. The summed E-state index contributed by atoms with van der Waals surface area (Å²) in [6.07, 6.45) is 0.